The Morgan fingerprint density at radius 3 is 2.52 bits per heavy atom. The summed E-state index contributed by atoms with van der Waals surface area (Å²) in [4.78, 5) is 13.6. The van der Waals surface area contributed by atoms with E-state index in [2.05, 4.69) is 50.2 Å². The van der Waals surface area contributed by atoms with E-state index in [-0.39, 0.29) is 0 Å². The number of hydrogen-bond donors (Lipinski definition) is 1. The fourth-order valence-electron chi connectivity index (χ4n) is 3.04. The number of anilines is 2. The fraction of sp³-hybridized carbons (Fsp3) is 0.474. The molecule has 6 nitrogen and oxygen atoms in total. The highest BCUT2D eigenvalue weighted by Gasteiger charge is 2.17. The van der Waals surface area contributed by atoms with Gasteiger partial charge in [-0.25, -0.2) is 9.97 Å². The summed E-state index contributed by atoms with van der Waals surface area (Å²) in [6.07, 6.45) is 2.59. The van der Waals surface area contributed by atoms with Crippen LogP contribution in [-0.2, 0) is 6.42 Å². The van der Waals surface area contributed by atoms with Gasteiger partial charge in [0.2, 0.25) is 0 Å². The molecule has 0 atom stereocenters. The fourth-order valence-corrected chi connectivity index (χ4v) is 3.04. The largest absolute Gasteiger partial charge is 0.497 e. The van der Waals surface area contributed by atoms with Crippen LogP contribution in [0.2, 0.25) is 0 Å². The zero-order valence-electron chi connectivity index (χ0n) is 15.1. The van der Waals surface area contributed by atoms with Crippen molar-refractivity contribution < 1.29 is 4.74 Å². The van der Waals surface area contributed by atoms with E-state index in [0.717, 1.165) is 63.1 Å². The molecular formula is C19H27N5O. The van der Waals surface area contributed by atoms with Gasteiger partial charge in [-0.05, 0) is 30.7 Å². The summed E-state index contributed by atoms with van der Waals surface area (Å²) >= 11 is 0. The normalized spacial score (nSPS) is 15.2. The van der Waals surface area contributed by atoms with E-state index in [0.29, 0.717) is 0 Å². The molecule has 2 heterocycles. The third-order valence-electron chi connectivity index (χ3n) is 4.67. The van der Waals surface area contributed by atoms with Crippen LogP contribution in [0, 0.1) is 0 Å². The molecule has 1 aliphatic heterocycles. The molecule has 0 bridgehead atoms. The van der Waals surface area contributed by atoms with Crippen LogP contribution in [0.15, 0.2) is 36.7 Å². The lowest BCUT2D eigenvalue weighted by atomic mass is 10.1. The van der Waals surface area contributed by atoms with Crippen LogP contribution in [0.4, 0.5) is 11.6 Å². The smallest absolute Gasteiger partial charge is 0.134 e. The van der Waals surface area contributed by atoms with Crippen molar-refractivity contribution in [3.8, 4) is 5.75 Å². The Hall–Kier alpha value is -2.34. The molecule has 1 aromatic heterocycles. The molecule has 134 valence electrons. The van der Waals surface area contributed by atoms with Gasteiger partial charge in [-0.1, -0.05) is 19.1 Å². The van der Waals surface area contributed by atoms with Crippen molar-refractivity contribution in [1.82, 2.24) is 14.9 Å². The van der Waals surface area contributed by atoms with Crippen LogP contribution in [0.3, 0.4) is 0 Å². The van der Waals surface area contributed by atoms with E-state index in [1.807, 2.05) is 12.1 Å². The summed E-state index contributed by atoms with van der Waals surface area (Å²) in [5.41, 5.74) is 1.28. The standard InChI is InChI=1S/C19H27N5O/c1-3-23-10-12-24(13-11-23)19-14-18(21-15-22-19)20-9-8-16-4-6-17(25-2)7-5-16/h4-7,14-15H,3,8-13H2,1-2H3,(H,20,21,22). The minimum absolute atomic E-state index is 0.840. The number of hydrogen-bond acceptors (Lipinski definition) is 6. The quantitative estimate of drug-likeness (QED) is 0.834. The second-order valence-corrected chi connectivity index (χ2v) is 6.21. The summed E-state index contributed by atoms with van der Waals surface area (Å²) < 4.78 is 5.19. The maximum absolute atomic E-state index is 5.19. The van der Waals surface area contributed by atoms with Crippen molar-refractivity contribution in [3.63, 3.8) is 0 Å². The third-order valence-corrected chi connectivity index (χ3v) is 4.67. The van der Waals surface area contributed by atoms with Crippen molar-refractivity contribution in [2.45, 2.75) is 13.3 Å². The number of methoxy groups -OCH3 is 1. The number of nitrogens with zero attached hydrogens (tertiary/aromatic N) is 4. The van der Waals surface area contributed by atoms with Crippen molar-refractivity contribution in [2.75, 3.05) is 56.6 Å². The van der Waals surface area contributed by atoms with Crippen molar-refractivity contribution in [2.24, 2.45) is 0 Å². The molecule has 1 saturated heterocycles. The van der Waals surface area contributed by atoms with Gasteiger partial charge in [0.25, 0.3) is 0 Å². The number of ether oxygens (including phenoxy) is 1. The molecule has 1 aliphatic rings. The molecule has 3 rings (SSSR count). The minimum atomic E-state index is 0.840. The number of rotatable bonds is 7. The van der Waals surface area contributed by atoms with Crippen molar-refractivity contribution >= 4 is 11.6 Å². The second kappa shape index (κ2) is 8.67. The van der Waals surface area contributed by atoms with Crippen LogP contribution in [0.5, 0.6) is 5.75 Å². The Labute approximate surface area is 149 Å². The summed E-state index contributed by atoms with van der Waals surface area (Å²) in [5.74, 6) is 2.79. The zero-order valence-corrected chi connectivity index (χ0v) is 15.1. The maximum Gasteiger partial charge on any atom is 0.134 e. The minimum Gasteiger partial charge on any atom is -0.497 e. The lowest BCUT2D eigenvalue weighted by molar-refractivity contribution is 0.270. The van der Waals surface area contributed by atoms with Gasteiger partial charge in [-0.3, -0.25) is 0 Å². The van der Waals surface area contributed by atoms with E-state index >= 15 is 0 Å². The van der Waals surface area contributed by atoms with Gasteiger partial charge in [-0.2, -0.15) is 0 Å². The first-order valence-corrected chi connectivity index (χ1v) is 8.94. The maximum atomic E-state index is 5.19. The van der Waals surface area contributed by atoms with Crippen molar-refractivity contribution in [3.05, 3.63) is 42.2 Å². The molecule has 0 spiro atoms. The predicted molar refractivity (Wildman–Crippen MR) is 102 cm³/mol. The average Bonchev–Trinajstić information content (AvgIpc) is 2.69. The zero-order chi connectivity index (χ0) is 17.5. The van der Waals surface area contributed by atoms with E-state index in [4.69, 9.17) is 4.74 Å². The van der Waals surface area contributed by atoms with Crippen LogP contribution in [0.25, 0.3) is 0 Å². The summed E-state index contributed by atoms with van der Waals surface area (Å²) in [6, 6.07) is 10.2. The Kier molecular flexibility index (Phi) is 6.06. The Morgan fingerprint density at radius 2 is 1.84 bits per heavy atom. The van der Waals surface area contributed by atoms with Gasteiger partial charge in [0.1, 0.15) is 23.7 Å². The van der Waals surface area contributed by atoms with Gasteiger partial charge < -0.3 is 19.9 Å². The topological polar surface area (TPSA) is 53.5 Å². The first-order chi connectivity index (χ1) is 12.3. The molecule has 2 aromatic rings. The van der Waals surface area contributed by atoms with E-state index in [1.54, 1.807) is 13.4 Å². The van der Waals surface area contributed by atoms with Gasteiger partial charge in [0, 0.05) is 38.8 Å². The molecule has 0 aliphatic carbocycles. The SMILES string of the molecule is CCN1CCN(c2cc(NCCc3ccc(OC)cc3)ncn2)CC1. The molecule has 1 N–H and O–H groups in total. The third kappa shape index (κ3) is 4.82. The lowest BCUT2D eigenvalue weighted by Crippen LogP contribution is -2.46. The Morgan fingerprint density at radius 1 is 1.08 bits per heavy atom. The Bertz CT molecular complexity index is 653. The number of piperazine rings is 1. The highest BCUT2D eigenvalue weighted by molar-refractivity contribution is 5.48. The average molecular weight is 341 g/mol. The number of nitrogens with one attached hydrogen (secondary N) is 1. The first-order valence-electron chi connectivity index (χ1n) is 8.94. The van der Waals surface area contributed by atoms with Gasteiger partial charge >= 0.3 is 0 Å². The van der Waals surface area contributed by atoms with Gasteiger partial charge in [0.05, 0.1) is 7.11 Å². The van der Waals surface area contributed by atoms with Gasteiger partial charge in [-0.15, -0.1) is 0 Å². The number of benzene rings is 1. The highest BCUT2D eigenvalue weighted by Crippen LogP contribution is 2.16. The lowest BCUT2D eigenvalue weighted by Gasteiger charge is -2.34. The molecule has 6 heteroatoms. The van der Waals surface area contributed by atoms with Gasteiger partial charge in [0.15, 0.2) is 0 Å². The molecule has 0 radical (unpaired) electrons. The second-order valence-electron chi connectivity index (χ2n) is 6.21. The molecular weight excluding hydrogens is 314 g/mol. The van der Waals surface area contributed by atoms with Crippen LogP contribution >= 0.6 is 0 Å². The summed E-state index contributed by atoms with van der Waals surface area (Å²) in [5, 5.41) is 3.40. The first kappa shape index (κ1) is 17.5. The van der Waals surface area contributed by atoms with Crippen molar-refractivity contribution in [1.29, 1.82) is 0 Å². The summed E-state index contributed by atoms with van der Waals surface area (Å²) in [6.45, 7) is 8.42. The molecule has 1 aromatic carbocycles. The highest BCUT2D eigenvalue weighted by atomic mass is 16.5. The predicted octanol–water partition coefficient (Wildman–Crippen LogP) is 2.28. The molecule has 25 heavy (non-hydrogen) atoms. The molecule has 0 saturated carbocycles. The van der Waals surface area contributed by atoms with Crippen LogP contribution in [0.1, 0.15) is 12.5 Å². The van der Waals surface area contributed by atoms with E-state index < -0.39 is 0 Å². The van der Waals surface area contributed by atoms with Crippen LogP contribution < -0.4 is 15.0 Å². The number of likely N-dealkylation sites (N-methyl/N-ethyl adjacent to an activating group) is 1. The summed E-state index contributed by atoms with van der Waals surface area (Å²) in [7, 11) is 1.69. The molecule has 0 unspecified atom stereocenters. The monoisotopic (exact) mass is 341 g/mol. The molecule has 1 fully saturated rings. The van der Waals surface area contributed by atoms with Crippen LogP contribution in [-0.4, -0.2) is 61.2 Å². The molecule has 0 amide bonds. The Balaban J connectivity index is 1.51. The van der Waals surface area contributed by atoms with E-state index in [1.165, 1.54) is 5.56 Å². The number of aromatic nitrogens is 2. The van der Waals surface area contributed by atoms with E-state index in [9.17, 15) is 0 Å².